The molecule has 0 radical (unpaired) electrons. The molecule has 0 saturated carbocycles. The van der Waals surface area contributed by atoms with Gasteiger partial charge in [-0.2, -0.15) is 5.26 Å². The van der Waals surface area contributed by atoms with Crippen molar-refractivity contribution in [3.8, 4) is 6.07 Å². The molecule has 14 heavy (non-hydrogen) atoms. The van der Waals surface area contributed by atoms with Gasteiger partial charge >= 0.3 is 0 Å². The molecule has 1 aromatic rings. The van der Waals surface area contributed by atoms with Crippen LogP contribution in [0, 0.1) is 17.2 Å². The van der Waals surface area contributed by atoms with Crippen molar-refractivity contribution in [2.45, 2.75) is 6.92 Å². The number of aliphatic hydroxyl groups excluding tert-OH is 1. The lowest BCUT2D eigenvalue weighted by atomic mass is 10.2. The number of hydrogen-bond acceptors (Lipinski definition) is 5. The minimum atomic E-state index is 0.116. The molecule has 0 aliphatic rings. The van der Waals surface area contributed by atoms with E-state index in [-0.39, 0.29) is 12.5 Å². The molecule has 0 saturated heterocycles. The summed E-state index contributed by atoms with van der Waals surface area (Å²) in [5.74, 6) is 0.564. The molecule has 1 atom stereocenters. The van der Waals surface area contributed by atoms with Crippen LogP contribution in [-0.4, -0.2) is 28.2 Å². The molecule has 1 aromatic heterocycles. The van der Waals surface area contributed by atoms with Crippen molar-refractivity contribution in [3.63, 3.8) is 0 Å². The first-order valence-corrected chi connectivity index (χ1v) is 4.34. The maximum absolute atomic E-state index is 8.78. The quantitative estimate of drug-likeness (QED) is 0.721. The molecular weight excluding hydrogens is 180 g/mol. The zero-order chi connectivity index (χ0) is 10.4. The van der Waals surface area contributed by atoms with Crippen molar-refractivity contribution < 1.29 is 5.11 Å². The van der Waals surface area contributed by atoms with Gasteiger partial charge < -0.3 is 10.4 Å². The van der Waals surface area contributed by atoms with Crippen LogP contribution in [0.1, 0.15) is 12.6 Å². The van der Waals surface area contributed by atoms with E-state index in [2.05, 4.69) is 15.3 Å². The lowest BCUT2D eigenvalue weighted by Crippen LogP contribution is -2.16. The third-order valence-electron chi connectivity index (χ3n) is 1.69. The smallest absolute Gasteiger partial charge is 0.223 e. The number of anilines is 1. The molecule has 0 fully saturated rings. The van der Waals surface area contributed by atoms with Crippen LogP contribution >= 0.6 is 0 Å². The third kappa shape index (κ3) is 2.99. The van der Waals surface area contributed by atoms with Gasteiger partial charge in [0.15, 0.2) is 0 Å². The molecule has 1 heterocycles. The van der Waals surface area contributed by atoms with Crippen LogP contribution in [0.3, 0.4) is 0 Å². The van der Waals surface area contributed by atoms with Crippen molar-refractivity contribution >= 4 is 5.95 Å². The van der Waals surface area contributed by atoms with E-state index < -0.39 is 0 Å². The average molecular weight is 192 g/mol. The topological polar surface area (TPSA) is 81.8 Å². The van der Waals surface area contributed by atoms with Gasteiger partial charge in [0, 0.05) is 19.3 Å². The Bertz CT molecular complexity index is 334. The third-order valence-corrected chi connectivity index (χ3v) is 1.69. The van der Waals surface area contributed by atoms with E-state index in [0.717, 1.165) is 0 Å². The summed E-state index contributed by atoms with van der Waals surface area (Å²) in [6.07, 6.45) is 1.53. The Morgan fingerprint density at radius 2 is 2.50 bits per heavy atom. The van der Waals surface area contributed by atoms with E-state index in [1.807, 2.05) is 13.0 Å². The first-order valence-electron chi connectivity index (χ1n) is 4.34. The van der Waals surface area contributed by atoms with Crippen LogP contribution in [0.5, 0.6) is 0 Å². The van der Waals surface area contributed by atoms with Crippen LogP contribution in [-0.2, 0) is 0 Å². The highest BCUT2D eigenvalue weighted by molar-refractivity contribution is 5.29. The Hall–Kier alpha value is -1.67. The number of rotatable bonds is 4. The first-order chi connectivity index (χ1) is 6.76. The normalized spacial score (nSPS) is 11.8. The molecule has 0 amide bonds. The van der Waals surface area contributed by atoms with E-state index in [1.165, 1.54) is 6.20 Å². The van der Waals surface area contributed by atoms with Crippen molar-refractivity contribution in [2.24, 2.45) is 5.92 Å². The largest absolute Gasteiger partial charge is 0.396 e. The fourth-order valence-corrected chi connectivity index (χ4v) is 0.836. The first kappa shape index (κ1) is 10.4. The Morgan fingerprint density at radius 1 is 1.71 bits per heavy atom. The molecule has 0 aliphatic heterocycles. The van der Waals surface area contributed by atoms with E-state index in [0.29, 0.717) is 18.2 Å². The zero-order valence-electron chi connectivity index (χ0n) is 7.94. The van der Waals surface area contributed by atoms with E-state index in [9.17, 15) is 0 Å². The summed E-state index contributed by atoms with van der Waals surface area (Å²) >= 11 is 0. The van der Waals surface area contributed by atoms with Gasteiger partial charge in [-0.1, -0.05) is 6.92 Å². The highest BCUT2D eigenvalue weighted by Crippen LogP contribution is 2.00. The van der Waals surface area contributed by atoms with E-state index in [1.54, 1.807) is 6.07 Å². The summed E-state index contributed by atoms with van der Waals surface area (Å²) < 4.78 is 0. The van der Waals surface area contributed by atoms with Gasteiger partial charge in [0.05, 0.1) is 0 Å². The van der Waals surface area contributed by atoms with Crippen LogP contribution in [0.4, 0.5) is 5.95 Å². The van der Waals surface area contributed by atoms with E-state index in [4.69, 9.17) is 10.4 Å². The highest BCUT2D eigenvalue weighted by Gasteiger charge is 2.01. The van der Waals surface area contributed by atoms with Gasteiger partial charge in [-0.3, -0.25) is 0 Å². The van der Waals surface area contributed by atoms with Crippen LogP contribution in [0.15, 0.2) is 12.3 Å². The molecule has 74 valence electrons. The standard InChI is InChI=1S/C9H12N4O/c1-7(6-14)5-12-9-11-3-2-8(4-10)13-9/h2-3,7,14H,5-6H2,1H3,(H,11,12,13). The molecule has 0 aromatic carbocycles. The van der Waals surface area contributed by atoms with Crippen molar-refractivity contribution in [2.75, 3.05) is 18.5 Å². The summed E-state index contributed by atoms with van der Waals surface area (Å²) in [5, 5.41) is 20.3. The molecule has 1 rings (SSSR count). The van der Waals surface area contributed by atoms with Gasteiger partial charge in [-0.15, -0.1) is 0 Å². The second-order valence-electron chi connectivity index (χ2n) is 3.05. The Labute approximate surface area is 82.4 Å². The number of nitrogens with zero attached hydrogens (tertiary/aromatic N) is 3. The molecule has 0 spiro atoms. The number of aromatic nitrogens is 2. The second kappa shape index (κ2) is 5.14. The Morgan fingerprint density at radius 3 is 3.14 bits per heavy atom. The van der Waals surface area contributed by atoms with Gasteiger partial charge in [0.1, 0.15) is 11.8 Å². The minimum Gasteiger partial charge on any atom is -0.396 e. The number of nitrogens with one attached hydrogen (secondary N) is 1. The molecule has 0 aliphatic carbocycles. The van der Waals surface area contributed by atoms with Gasteiger partial charge in [-0.05, 0) is 12.0 Å². The number of aliphatic hydroxyl groups is 1. The highest BCUT2D eigenvalue weighted by atomic mass is 16.3. The van der Waals surface area contributed by atoms with Crippen molar-refractivity contribution in [1.29, 1.82) is 5.26 Å². The maximum Gasteiger partial charge on any atom is 0.223 e. The molecule has 1 unspecified atom stereocenters. The summed E-state index contributed by atoms with van der Waals surface area (Å²) in [5.41, 5.74) is 0.333. The van der Waals surface area contributed by atoms with Gasteiger partial charge in [0.2, 0.25) is 5.95 Å². The molecule has 0 bridgehead atoms. The SMILES string of the molecule is CC(CO)CNc1nccc(C#N)n1. The monoisotopic (exact) mass is 192 g/mol. The summed E-state index contributed by atoms with van der Waals surface area (Å²) in [4.78, 5) is 7.87. The maximum atomic E-state index is 8.78. The fourth-order valence-electron chi connectivity index (χ4n) is 0.836. The lowest BCUT2D eigenvalue weighted by Gasteiger charge is -2.08. The molecule has 2 N–H and O–H groups in total. The Kier molecular flexibility index (Phi) is 3.83. The number of nitriles is 1. The predicted molar refractivity (Wildman–Crippen MR) is 51.5 cm³/mol. The lowest BCUT2D eigenvalue weighted by molar-refractivity contribution is 0.244. The summed E-state index contributed by atoms with van der Waals surface area (Å²) in [6, 6.07) is 3.47. The van der Waals surface area contributed by atoms with Gasteiger partial charge in [0.25, 0.3) is 0 Å². The predicted octanol–water partition coefficient (Wildman–Crippen LogP) is 0.389. The van der Waals surface area contributed by atoms with E-state index >= 15 is 0 Å². The Balaban J connectivity index is 2.55. The zero-order valence-corrected chi connectivity index (χ0v) is 7.94. The second-order valence-corrected chi connectivity index (χ2v) is 3.05. The van der Waals surface area contributed by atoms with Crippen LogP contribution in [0.25, 0.3) is 0 Å². The van der Waals surface area contributed by atoms with Crippen molar-refractivity contribution in [3.05, 3.63) is 18.0 Å². The summed E-state index contributed by atoms with van der Waals surface area (Å²) in [7, 11) is 0. The van der Waals surface area contributed by atoms with Crippen LogP contribution in [0.2, 0.25) is 0 Å². The minimum absolute atomic E-state index is 0.116. The van der Waals surface area contributed by atoms with Gasteiger partial charge in [-0.25, -0.2) is 9.97 Å². The van der Waals surface area contributed by atoms with Crippen LogP contribution < -0.4 is 5.32 Å². The average Bonchev–Trinajstić information content (AvgIpc) is 2.26. The molecular formula is C9H12N4O. The summed E-state index contributed by atoms with van der Waals surface area (Å²) in [6.45, 7) is 2.61. The molecule has 5 heteroatoms. The number of hydrogen-bond donors (Lipinski definition) is 2. The molecule has 5 nitrogen and oxygen atoms in total. The fraction of sp³-hybridized carbons (Fsp3) is 0.444. The van der Waals surface area contributed by atoms with Crippen molar-refractivity contribution in [1.82, 2.24) is 9.97 Å².